The number of carboxylic acids is 1. The number of anilines is 1. The largest absolute Gasteiger partial charge is 0.481 e. The van der Waals surface area contributed by atoms with E-state index in [0.29, 0.717) is 11.7 Å². The molecule has 134 valence electrons. The normalized spacial score (nSPS) is 12.0. The molecule has 2 rings (SSSR count). The number of carbonyl (C=O) groups is 2. The Bertz CT molecular complexity index is 767. The van der Waals surface area contributed by atoms with E-state index in [0.717, 1.165) is 5.56 Å². The molecule has 1 heterocycles. The third-order valence-electron chi connectivity index (χ3n) is 3.73. The monoisotopic (exact) mass is 345 g/mol. The number of amides is 1. The van der Waals surface area contributed by atoms with Gasteiger partial charge < -0.3 is 15.2 Å². The van der Waals surface area contributed by atoms with E-state index in [4.69, 9.17) is 9.84 Å². The van der Waals surface area contributed by atoms with Crippen molar-refractivity contribution in [3.63, 3.8) is 0 Å². The summed E-state index contributed by atoms with van der Waals surface area (Å²) < 4.78 is 6.93. The molecule has 2 N–H and O–H groups in total. The molecule has 0 bridgehead atoms. The zero-order chi connectivity index (χ0) is 18.6. The molecule has 0 fully saturated rings. The van der Waals surface area contributed by atoms with Gasteiger partial charge in [-0.25, -0.2) is 0 Å². The number of ether oxygens (including phenoxy) is 1. The first kappa shape index (κ1) is 18.5. The summed E-state index contributed by atoms with van der Waals surface area (Å²) in [5, 5.41) is 15.3. The van der Waals surface area contributed by atoms with E-state index in [1.807, 2.05) is 25.1 Å². The number of nitrogens with one attached hydrogen (secondary N) is 1. The summed E-state index contributed by atoms with van der Waals surface area (Å²) in [7, 11) is 0. The molecule has 1 aromatic carbocycles. The fourth-order valence-electron chi connectivity index (χ4n) is 2.51. The van der Waals surface area contributed by atoms with Crippen LogP contribution in [0.5, 0.6) is 5.75 Å². The highest BCUT2D eigenvalue weighted by Gasteiger charge is 2.17. The van der Waals surface area contributed by atoms with E-state index in [9.17, 15) is 9.59 Å². The summed E-state index contributed by atoms with van der Waals surface area (Å²) in [6.45, 7) is 7.66. The van der Waals surface area contributed by atoms with E-state index >= 15 is 0 Å². The highest BCUT2D eigenvalue weighted by atomic mass is 16.5. The number of hydrogen-bond donors (Lipinski definition) is 2. The Balaban J connectivity index is 1.97. The van der Waals surface area contributed by atoms with Crippen molar-refractivity contribution in [2.75, 3.05) is 5.32 Å². The number of rotatable bonds is 7. The van der Waals surface area contributed by atoms with Crippen molar-refractivity contribution in [3.05, 3.63) is 41.6 Å². The standard InChI is InChI=1S/C18H23N3O4/c1-11(2)15-6-5-14(9-12(15)3)25-13(4)18(24)19-16-7-8-21(20-16)10-17(22)23/h5-9,11,13H,10H2,1-4H3,(H,22,23)(H,19,20,24). The lowest BCUT2D eigenvalue weighted by atomic mass is 9.98. The van der Waals surface area contributed by atoms with Gasteiger partial charge in [0.25, 0.3) is 5.91 Å². The maximum absolute atomic E-state index is 12.2. The van der Waals surface area contributed by atoms with Crippen molar-refractivity contribution in [2.24, 2.45) is 0 Å². The Labute approximate surface area is 146 Å². The minimum absolute atomic E-state index is 0.261. The van der Waals surface area contributed by atoms with Crippen molar-refractivity contribution in [2.45, 2.75) is 46.3 Å². The Hall–Kier alpha value is -2.83. The van der Waals surface area contributed by atoms with E-state index in [-0.39, 0.29) is 18.3 Å². The molecule has 25 heavy (non-hydrogen) atoms. The number of carbonyl (C=O) groups excluding carboxylic acids is 1. The molecular formula is C18H23N3O4. The molecule has 1 amide bonds. The van der Waals surface area contributed by atoms with Crippen molar-refractivity contribution >= 4 is 17.7 Å². The molecule has 0 aliphatic heterocycles. The summed E-state index contributed by atoms with van der Waals surface area (Å²) in [6.07, 6.45) is 0.775. The first-order chi connectivity index (χ1) is 11.8. The number of nitrogens with zero attached hydrogens (tertiary/aromatic N) is 2. The third-order valence-corrected chi connectivity index (χ3v) is 3.73. The molecule has 1 aromatic heterocycles. The van der Waals surface area contributed by atoms with Crippen LogP contribution in [0.15, 0.2) is 30.5 Å². The molecule has 7 nitrogen and oxygen atoms in total. The van der Waals surface area contributed by atoms with Gasteiger partial charge in [0, 0.05) is 12.3 Å². The van der Waals surface area contributed by atoms with Crippen molar-refractivity contribution in [1.82, 2.24) is 9.78 Å². The van der Waals surface area contributed by atoms with Crippen LogP contribution in [-0.4, -0.2) is 32.9 Å². The van der Waals surface area contributed by atoms with Crippen molar-refractivity contribution in [1.29, 1.82) is 0 Å². The van der Waals surface area contributed by atoms with E-state index in [2.05, 4.69) is 24.3 Å². The van der Waals surface area contributed by atoms with Crippen LogP contribution in [0, 0.1) is 6.92 Å². The van der Waals surface area contributed by atoms with Crippen LogP contribution in [0.4, 0.5) is 5.82 Å². The predicted molar refractivity (Wildman–Crippen MR) is 93.9 cm³/mol. The zero-order valence-corrected chi connectivity index (χ0v) is 14.8. The second kappa shape index (κ2) is 7.83. The van der Waals surface area contributed by atoms with Crippen LogP contribution < -0.4 is 10.1 Å². The van der Waals surface area contributed by atoms with Crippen LogP contribution in [0.3, 0.4) is 0 Å². The number of benzene rings is 1. The van der Waals surface area contributed by atoms with Gasteiger partial charge in [-0.05, 0) is 43.0 Å². The zero-order valence-electron chi connectivity index (χ0n) is 14.8. The molecule has 0 saturated carbocycles. The summed E-state index contributed by atoms with van der Waals surface area (Å²) >= 11 is 0. The molecule has 1 atom stereocenters. The highest BCUT2D eigenvalue weighted by Crippen LogP contribution is 2.24. The van der Waals surface area contributed by atoms with Crippen molar-refractivity contribution in [3.8, 4) is 5.75 Å². The van der Waals surface area contributed by atoms with Crippen molar-refractivity contribution < 1.29 is 19.4 Å². The van der Waals surface area contributed by atoms with Gasteiger partial charge in [-0.1, -0.05) is 19.9 Å². The fourth-order valence-corrected chi connectivity index (χ4v) is 2.51. The minimum atomic E-state index is -1.00. The lowest BCUT2D eigenvalue weighted by Gasteiger charge is -2.16. The van der Waals surface area contributed by atoms with Gasteiger partial charge in [0.05, 0.1) is 0 Å². The number of aryl methyl sites for hydroxylation is 1. The summed E-state index contributed by atoms with van der Waals surface area (Å²) in [6, 6.07) is 7.32. The number of aliphatic carboxylic acids is 1. The van der Waals surface area contributed by atoms with Gasteiger partial charge in [-0.3, -0.25) is 14.3 Å². The second-order valence-corrected chi connectivity index (χ2v) is 6.21. The van der Waals surface area contributed by atoms with Crippen LogP contribution in [0.2, 0.25) is 0 Å². The average molecular weight is 345 g/mol. The first-order valence-electron chi connectivity index (χ1n) is 8.09. The van der Waals surface area contributed by atoms with Gasteiger partial charge >= 0.3 is 5.97 Å². The van der Waals surface area contributed by atoms with Gasteiger partial charge in [0.2, 0.25) is 0 Å². The highest BCUT2D eigenvalue weighted by molar-refractivity contribution is 5.93. The number of aromatic nitrogens is 2. The van der Waals surface area contributed by atoms with Crippen LogP contribution in [0.25, 0.3) is 0 Å². The third kappa shape index (κ3) is 5.07. The molecule has 0 aliphatic carbocycles. The first-order valence-corrected chi connectivity index (χ1v) is 8.09. The minimum Gasteiger partial charge on any atom is -0.481 e. The topological polar surface area (TPSA) is 93.5 Å². The predicted octanol–water partition coefficient (Wildman–Crippen LogP) is 2.81. The Morgan fingerprint density at radius 3 is 2.60 bits per heavy atom. The number of hydrogen-bond acceptors (Lipinski definition) is 4. The molecule has 0 aliphatic rings. The van der Waals surface area contributed by atoms with Crippen LogP contribution in [0.1, 0.15) is 37.8 Å². The Kier molecular flexibility index (Phi) is 5.80. The van der Waals surface area contributed by atoms with Gasteiger partial charge in [0.1, 0.15) is 12.3 Å². The molecule has 2 aromatic rings. The van der Waals surface area contributed by atoms with Gasteiger partial charge in [-0.15, -0.1) is 0 Å². The smallest absolute Gasteiger partial charge is 0.325 e. The fraction of sp³-hybridized carbons (Fsp3) is 0.389. The molecule has 7 heteroatoms. The quantitative estimate of drug-likeness (QED) is 0.805. The van der Waals surface area contributed by atoms with E-state index < -0.39 is 12.1 Å². The molecular weight excluding hydrogens is 322 g/mol. The van der Waals surface area contributed by atoms with Crippen LogP contribution >= 0.6 is 0 Å². The Morgan fingerprint density at radius 1 is 1.28 bits per heavy atom. The maximum atomic E-state index is 12.2. The summed E-state index contributed by atoms with van der Waals surface area (Å²) in [5.74, 6) is -0.0197. The van der Waals surface area contributed by atoms with Crippen LogP contribution in [-0.2, 0) is 16.1 Å². The second-order valence-electron chi connectivity index (χ2n) is 6.21. The summed E-state index contributed by atoms with van der Waals surface area (Å²) in [5.41, 5.74) is 2.36. The van der Waals surface area contributed by atoms with E-state index in [1.54, 1.807) is 6.92 Å². The number of carboxylic acid groups (broad SMARTS) is 1. The molecule has 0 saturated heterocycles. The molecule has 0 radical (unpaired) electrons. The SMILES string of the molecule is Cc1cc(OC(C)C(=O)Nc2ccn(CC(=O)O)n2)ccc1C(C)C. The van der Waals surface area contributed by atoms with Gasteiger partial charge in [0.15, 0.2) is 11.9 Å². The van der Waals surface area contributed by atoms with E-state index in [1.165, 1.54) is 22.5 Å². The average Bonchev–Trinajstić information content (AvgIpc) is 2.93. The lowest BCUT2D eigenvalue weighted by Crippen LogP contribution is -2.30. The summed E-state index contributed by atoms with van der Waals surface area (Å²) in [4.78, 5) is 22.8. The maximum Gasteiger partial charge on any atom is 0.325 e. The van der Waals surface area contributed by atoms with Gasteiger partial charge in [-0.2, -0.15) is 5.10 Å². The molecule has 1 unspecified atom stereocenters. The Morgan fingerprint density at radius 2 is 2.00 bits per heavy atom. The lowest BCUT2D eigenvalue weighted by molar-refractivity contribution is -0.137. The molecule has 0 spiro atoms.